The molecular formula is C19H27NO4S. The lowest BCUT2D eigenvalue weighted by molar-refractivity contribution is -0.148. The van der Waals surface area contributed by atoms with Gasteiger partial charge < -0.3 is 15.2 Å². The second kappa shape index (κ2) is 9.13. The summed E-state index contributed by atoms with van der Waals surface area (Å²) in [6.45, 7) is 4.59. The summed E-state index contributed by atoms with van der Waals surface area (Å²) in [5, 5.41) is 12.2. The first-order valence-corrected chi connectivity index (χ1v) is 9.91. The molecule has 1 amide bonds. The van der Waals surface area contributed by atoms with Crippen molar-refractivity contribution in [2.24, 2.45) is 0 Å². The second-order valence-corrected chi connectivity index (χ2v) is 7.85. The molecule has 1 saturated heterocycles. The van der Waals surface area contributed by atoms with Crippen molar-refractivity contribution in [1.29, 1.82) is 0 Å². The Morgan fingerprint density at radius 2 is 1.96 bits per heavy atom. The number of nitrogens with one attached hydrogen (secondary N) is 1. The molecular weight excluding hydrogens is 338 g/mol. The van der Waals surface area contributed by atoms with Crippen LogP contribution in [0.15, 0.2) is 18.2 Å². The average Bonchev–Trinajstić information content (AvgIpc) is 2.58. The van der Waals surface area contributed by atoms with Gasteiger partial charge in [0.25, 0.3) is 0 Å². The van der Waals surface area contributed by atoms with Gasteiger partial charge in [-0.15, -0.1) is 0 Å². The molecule has 25 heavy (non-hydrogen) atoms. The predicted molar refractivity (Wildman–Crippen MR) is 100 cm³/mol. The molecule has 1 heterocycles. The molecule has 2 N–H and O–H groups in total. The van der Waals surface area contributed by atoms with E-state index in [1.807, 2.05) is 26.0 Å². The quantitative estimate of drug-likeness (QED) is 0.691. The monoisotopic (exact) mass is 365 g/mol. The van der Waals surface area contributed by atoms with E-state index in [0.29, 0.717) is 32.3 Å². The number of unbranched alkanes of at least 4 members (excludes halogenated alkanes) is 1. The minimum absolute atomic E-state index is 0.180. The minimum atomic E-state index is -1.07. The zero-order valence-corrected chi connectivity index (χ0v) is 15.8. The van der Waals surface area contributed by atoms with Gasteiger partial charge in [-0.3, -0.25) is 4.79 Å². The molecule has 6 heteroatoms. The highest BCUT2D eigenvalue weighted by molar-refractivity contribution is 7.99. The number of ether oxygens (including phenoxy) is 1. The standard InChI is InChI=1S/C19H27NO4S/c1-14-6-7-15(2)16(13-14)24-10-4-3-5-17(21)20-19(18(22)23)8-11-25-12-9-19/h6-7,13H,3-5,8-12H2,1-2H3,(H,20,21)(H,22,23). The molecule has 0 bridgehead atoms. The summed E-state index contributed by atoms with van der Waals surface area (Å²) >= 11 is 1.73. The Balaban J connectivity index is 1.71. The molecule has 1 fully saturated rings. The normalized spacial score (nSPS) is 16.2. The van der Waals surface area contributed by atoms with Crippen LogP contribution in [0.5, 0.6) is 5.75 Å². The molecule has 1 aliphatic heterocycles. The van der Waals surface area contributed by atoms with Crippen LogP contribution in [-0.2, 0) is 9.59 Å². The average molecular weight is 365 g/mol. The van der Waals surface area contributed by atoms with Gasteiger partial charge in [0.15, 0.2) is 0 Å². The third-order valence-corrected chi connectivity index (χ3v) is 5.52. The maximum atomic E-state index is 12.1. The van der Waals surface area contributed by atoms with E-state index in [4.69, 9.17) is 4.74 Å². The Hall–Kier alpha value is -1.69. The number of benzene rings is 1. The van der Waals surface area contributed by atoms with Gasteiger partial charge in [-0.1, -0.05) is 12.1 Å². The van der Waals surface area contributed by atoms with Crippen molar-refractivity contribution < 1.29 is 19.4 Å². The molecule has 1 aliphatic rings. The van der Waals surface area contributed by atoms with E-state index in [2.05, 4.69) is 11.4 Å². The zero-order chi connectivity index (χ0) is 18.3. The molecule has 0 spiro atoms. The minimum Gasteiger partial charge on any atom is -0.493 e. The zero-order valence-electron chi connectivity index (χ0n) is 15.0. The number of amides is 1. The maximum absolute atomic E-state index is 12.1. The first kappa shape index (κ1) is 19.6. The van der Waals surface area contributed by atoms with Gasteiger partial charge in [-0.2, -0.15) is 11.8 Å². The number of aryl methyl sites for hydroxylation is 2. The molecule has 1 aromatic rings. The van der Waals surface area contributed by atoms with E-state index < -0.39 is 11.5 Å². The van der Waals surface area contributed by atoms with Crippen molar-refractivity contribution in [3.05, 3.63) is 29.3 Å². The van der Waals surface area contributed by atoms with Crippen LogP contribution in [0, 0.1) is 13.8 Å². The van der Waals surface area contributed by atoms with Gasteiger partial charge >= 0.3 is 5.97 Å². The third-order valence-electron chi connectivity index (χ3n) is 4.53. The SMILES string of the molecule is Cc1ccc(C)c(OCCCCC(=O)NC2(C(=O)O)CCSCC2)c1. The molecule has 1 aromatic carbocycles. The van der Waals surface area contributed by atoms with E-state index >= 15 is 0 Å². The van der Waals surface area contributed by atoms with Gasteiger partial charge in [-0.05, 0) is 68.2 Å². The third kappa shape index (κ3) is 5.66. The summed E-state index contributed by atoms with van der Waals surface area (Å²) in [6, 6.07) is 6.10. The first-order chi connectivity index (χ1) is 11.9. The van der Waals surface area contributed by atoms with Gasteiger partial charge in [-0.25, -0.2) is 4.79 Å². The summed E-state index contributed by atoms with van der Waals surface area (Å²) in [5.74, 6) is 1.33. The molecule has 2 rings (SSSR count). The number of carboxylic acid groups (broad SMARTS) is 1. The number of carbonyl (C=O) groups excluding carboxylic acids is 1. The largest absolute Gasteiger partial charge is 0.493 e. The fourth-order valence-electron chi connectivity index (χ4n) is 2.87. The molecule has 0 aliphatic carbocycles. The predicted octanol–water partition coefficient (Wildman–Crippen LogP) is 3.32. The fourth-order valence-corrected chi connectivity index (χ4v) is 4.06. The van der Waals surface area contributed by atoms with E-state index in [1.165, 1.54) is 0 Å². The van der Waals surface area contributed by atoms with Crippen molar-refractivity contribution >= 4 is 23.6 Å². The summed E-state index contributed by atoms with van der Waals surface area (Å²) in [5.41, 5.74) is 1.18. The Kier molecular flexibility index (Phi) is 7.17. The number of thioether (sulfide) groups is 1. The van der Waals surface area contributed by atoms with E-state index in [9.17, 15) is 14.7 Å². The van der Waals surface area contributed by atoms with Crippen LogP contribution in [0.3, 0.4) is 0 Å². The molecule has 0 unspecified atom stereocenters. The summed E-state index contributed by atoms with van der Waals surface area (Å²) in [4.78, 5) is 23.7. The number of carboxylic acids is 1. The lowest BCUT2D eigenvalue weighted by Gasteiger charge is -2.33. The van der Waals surface area contributed by atoms with Crippen molar-refractivity contribution in [1.82, 2.24) is 5.32 Å². The number of hydrogen-bond donors (Lipinski definition) is 2. The lowest BCUT2D eigenvalue weighted by atomic mass is 9.92. The van der Waals surface area contributed by atoms with Gasteiger partial charge in [0.05, 0.1) is 6.61 Å². The van der Waals surface area contributed by atoms with Crippen LogP contribution in [0.1, 0.15) is 43.2 Å². The summed E-state index contributed by atoms with van der Waals surface area (Å²) in [7, 11) is 0. The smallest absolute Gasteiger partial charge is 0.329 e. The van der Waals surface area contributed by atoms with E-state index in [0.717, 1.165) is 34.8 Å². The lowest BCUT2D eigenvalue weighted by Crippen LogP contribution is -2.56. The number of aliphatic carboxylic acids is 1. The maximum Gasteiger partial charge on any atom is 0.329 e. The van der Waals surface area contributed by atoms with Gasteiger partial charge in [0, 0.05) is 6.42 Å². The molecule has 138 valence electrons. The Labute approximate surface area is 153 Å². The highest BCUT2D eigenvalue weighted by Gasteiger charge is 2.40. The number of carbonyl (C=O) groups is 2. The van der Waals surface area contributed by atoms with Crippen LogP contribution in [0.4, 0.5) is 0 Å². The van der Waals surface area contributed by atoms with Crippen molar-refractivity contribution in [3.8, 4) is 5.75 Å². The van der Waals surface area contributed by atoms with Crippen molar-refractivity contribution in [2.45, 2.75) is 51.5 Å². The van der Waals surface area contributed by atoms with Crippen molar-refractivity contribution in [2.75, 3.05) is 18.1 Å². The van der Waals surface area contributed by atoms with Gasteiger partial charge in [0.1, 0.15) is 11.3 Å². The highest BCUT2D eigenvalue weighted by atomic mass is 32.2. The van der Waals surface area contributed by atoms with Crippen LogP contribution >= 0.6 is 11.8 Å². The molecule has 0 radical (unpaired) electrons. The first-order valence-electron chi connectivity index (χ1n) is 8.75. The van der Waals surface area contributed by atoms with E-state index in [1.54, 1.807) is 11.8 Å². The van der Waals surface area contributed by atoms with Crippen LogP contribution < -0.4 is 10.1 Å². The number of hydrogen-bond acceptors (Lipinski definition) is 4. The molecule has 0 saturated carbocycles. The summed E-state index contributed by atoms with van der Waals surface area (Å²) < 4.78 is 5.78. The van der Waals surface area contributed by atoms with Crippen LogP contribution in [0.25, 0.3) is 0 Å². The fraction of sp³-hybridized carbons (Fsp3) is 0.579. The molecule has 0 atom stereocenters. The van der Waals surface area contributed by atoms with Crippen LogP contribution in [0.2, 0.25) is 0 Å². The second-order valence-electron chi connectivity index (χ2n) is 6.62. The molecule has 0 aromatic heterocycles. The van der Waals surface area contributed by atoms with E-state index in [-0.39, 0.29) is 5.91 Å². The highest BCUT2D eigenvalue weighted by Crippen LogP contribution is 2.27. The van der Waals surface area contributed by atoms with Gasteiger partial charge in [0.2, 0.25) is 5.91 Å². The topological polar surface area (TPSA) is 75.6 Å². The molecule has 5 nitrogen and oxygen atoms in total. The Morgan fingerprint density at radius 1 is 1.24 bits per heavy atom. The van der Waals surface area contributed by atoms with Crippen LogP contribution in [-0.4, -0.2) is 40.6 Å². The Bertz CT molecular complexity index is 611. The number of rotatable bonds is 8. The Morgan fingerprint density at radius 3 is 2.64 bits per heavy atom. The summed E-state index contributed by atoms with van der Waals surface area (Å²) in [6.07, 6.45) is 2.76. The van der Waals surface area contributed by atoms with Crippen molar-refractivity contribution in [3.63, 3.8) is 0 Å².